The molecule has 7 nitrogen and oxygen atoms in total. The van der Waals surface area contributed by atoms with E-state index in [1.807, 2.05) is 7.05 Å². The van der Waals surface area contributed by atoms with Gasteiger partial charge in [0.15, 0.2) is 0 Å². The molecule has 1 aromatic carbocycles. The first-order valence-electron chi connectivity index (χ1n) is 5.94. The van der Waals surface area contributed by atoms with Crippen molar-refractivity contribution in [3.8, 4) is 5.75 Å². The molecule has 0 bridgehead atoms. The molecule has 1 fully saturated rings. The number of likely N-dealkylation sites (N-methyl/N-ethyl adjacent to an activating group) is 1. The second-order valence-corrected chi connectivity index (χ2v) is 4.68. The largest absolute Gasteiger partial charge is 0.508 e. The fourth-order valence-corrected chi connectivity index (χ4v) is 2.18. The Hall–Kier alpha value is -2.15. The second-order valence-electron chi connectivity index (χ2n) is 4.68. The topological polar surface area (TPSA) is 95.7 Å². The molecule has 0 spiro atoms. The Morgan fingerprint density at radius 1 is 1.58 bits per heavy atom. The summed E-state index contributed by atoms with van der Waals surface area (Å²) < 4.78 is 0. The van der Waals surface area contributed by atoms with Crippen molar-refractivity contribution in [1.82, 2.24) is 10.2 Å². The van der Waals surface area contributed by atoms with Crippen LogP contribution in [-0.2, 0) is 0 Å². The van der Waals surface area contributed by atoms with Crippen molar-refractivity contribution in [1.29, 1.82) is 0 Å². The smallest absolute Gasteiger partial charge is 0.282 e. The lowest BCUT2D eigenvalue weighted by Gasteiger charge is -2.13. The number of benzene rings is 1. The van der Waals surface area contributed by atoms with Gasteiger partial charge in [-0.3, -0.25) is 14.9 Å². The van der Waals surface area contributed by atoms with Gasteiger partial charge in [-0.05, 0) is 32.1 Å². The van der Waals surface area contributed by atoms with E-state index in [-0.39, 0.29) is 23.0 Å². The fraction of sp³-hybridized carbons (Fsp3) is 0.417. The van der Waals surface area contributed by atoms with Crippen molar-refractivity contribution in [2.75, 3.05) is 20.1 Å². The zero-order chi connectivity index (χ0) is 14.0. The highest BCUT2D eigenvalue weighted by Gasteiger charge is 2.25. The normalized spacial score (nSPS) is 19.3. The van der Waals surface area contributed by atoms with Crippen LogP contribution in [0, 0.1) is 10.1 Å². The lowest BCUT2D eigenvalue weighted by atomic mass is 10.1. The number of nitro groups is 1. The molecule has 1 atom stereocenters. The summed E-state index contributed by atoms with van der Waals surface area (Å²) in [5.41, 5.74) is -0.416. The number of likely N-dealkylation sites (tertiary alicyclic amines) is 1. The lowest BCUT2D eigenvalue weighted by Crippen LogP contribution is -2.36. The van der Waals surface area contributed by atoms with E-state index in [1.165, 1.54) is 6.07 Å². The molecule has 102 valence electrons. The quantitative estimate of drug-likeness (QED) is 0.620. The zero-order valence-electron chi connectivity index (χ0n) is 10.5. The Morgan fingerprint density at radius 2 is 2.32 bits per heavy atom. The Kier molecular flexibility index (Phi) is 3.66. The average Bonchev–Trinajstić information content (AvgIpc) is 2.74. The third-order valence-electron chi connectivity index (χ3n) is 3.15. The SMILES string of the molecule is CN1CCC(NC(=O)c2cc(O)ccc2[N+](=O)[O-])C1. The summed E-state index contributed by atoms with van der Waals surface area (Å²) in [5, 5.41) is 23.0. The molecule has 0 aromatic heterocycles. The molecule has 0 radical (unpaired) electrons. The van der Waals surface area contributed by atoms with Crippen LogP contribution >= 0.6 is 0 Å². The molecule has 1 aliphatic heterocycles. The van der Waals surface area contributed by atoms with Crippen molar-refractivity contribution in [2.45, 2.75) is 12.5 Å². The number of nitrogens with zero attached hydrogens (tertiary/aromatic N) is 2. The molecule has 1 unspecified atom stereocenters. The van der Waals surface area contributed by atoms with E-state index in [0.717, 1.165) is 31.6 Å². The van der Waals surface area contributed by atoms with Gasteiger partial charge in [-0.25, -0.2) is 0 Å². The van der Waals surface area contributed by atoms with Crippen LogP contribution in [-0.4, -0.2) is 47.0 Å². The van der Waals surface area contributed by atoms with Crippen LogP contribution < -0.4 is 5.32 Å². The number of hydrogen-bond donors (Lipinski definition) is 2. The van der Waals surface area contributed by atoms with Crippen molar-refractivity contribution in [2.24, 2.45) is 0 Å². The van der Waals surface area contributed by atoms with Crippen LogP contribution in [0.15, 0.2) is 18.2 Å². The van der Waals surface area contributed by atoms with Gasteiger partial charge in [0.25, 0.3) is 11.6 Å². The average molecular weight is 265 g/mol. The number of phenolic OH excluding ortho intramolecular Hbond substituents is 1. The van der Waals surface area contributed by atoms with Crippen LogP contribution in [0.1, 0.15) is 16.8 Å². The predicted octanol–water partition coefficient (Wildman–Crippen LogP) is 0.734. The summed E-state index contributed by atoms with van der Waals surface area (Å²) >= 11 is 0. The van der Waals surface area contributed by atoms with E-state index >= 15 is 0 Å². The van der Waals surface area contributed by atoms with E-state index in [0.29, 0.717) is 0 Å². The molecule has 19 heavy (non-hydrogen) atoms. The monoisotopic (exact) mass is 265 g/mol. The number of carbonyl (C=O) groups excluding carboxylic acids is 1. The van der Waals surface area contributed by atoms with E-state index < -0.39 is 10.8 Å². The molecule has 1 heterocycles. The van der Waals surface area contributed by atoms with Gasteiger partial charge in [0.2, 0.25) is 0 Å². The molecule has 7 heteroatoms. The molecule has 1 aliphatic rings. The zero-order valence-corrected chi connectivity index (χ0v) is 10.5. The summed E-state index contributed by atoms with van der Waals surface area (Å²) in [6.07, 6.45) is 0.814. The van der Waals surface area contributed by atoms with Gasteiger partial charge in [-0.1, -0.05) is 0 Å². The summed E-state index contributed by atoms with van der Waals surface area (Å²) in [6.45, 7) is 1.60. The molecule has 2 rings (SSSR count). The maximum absolute atomic E-state index is 12.0. The first kappa shape index (κ1) is 13.3. The number of amides is 1. The minimum atomic E-state index is -0.630. The number of hydrogen-bond acceptors (Lipinski definition) is 5. The maximum atomic E-state index is 12.0. The number of phenols is 1. The van der Waals surface area contributed by atoms with Gasteiger partial charge in [-0.15, -0.1) is 0 Å². The molecule has 2 N–H and O–H groups in total. The minimum absolute atomic E-state index is 0.0144. The molecular weight excluding hydrogens is 250 g/mol. The Balaban J connectivity index is 2.18. The number of carbonyl (C=O) groups is 1. The number of nitrogens with one attached hydrogen (secondary N) is 1. The standard InChI is InChI=1S/C12H15N3O4/c1-14-5-4-8(7-14)13-12(17)10-6-9(16)2-3-11(10)15(18)19/h2-3,6,8,16H,4-5,7H2,1H3,(H,13,17). The highest BCUT2D eigenvalue weighted by Crippen LogP contribution is 2.23. The van der Waals surface area contributed by atoms with Gasteiger partial charge in [0.05, 0.1) is 4.92 Å². The summed E-state index contributed by atoms with van der Waals surface area (Å²) in [6, 6.07) is 3.43. The van der Waals surface area contributed by atoms with Crippen LogP contribution in [0.4, 0.5) is 5.69 Å². The number of rotatable bonds is 3. The van der Waals surface area contributed by atoms with Crippen LogP contribution in [0.2, 0.25) is 0 Å². The molecule has 1 amide bonds. The predicted molar refractivity (Wildman–Crippen MR) is 68.1 cm³/mol. The van der Waals surface area contributed by atoms with Gasteiger partial charge in [0.1, 0.15) is 11.3 Å². The molecule has 0 aliphatic carbocycles. The molecule has 1 aromatic rings. The van der Waals surface area contributed by atoms with Gasteiger partial charge < -0.3 is 15.3 Å². The highest BCUT2D eigenvalue weighted by atomic mass is 16.6. The Morgan fingerprint density at radius 3 is 2.89 bits per heavy atom. The number of aromatic hydroxyl groups is 1. The van der Waals surface area contributed by atoms with E-state index in [1.54, 1.807) is 0 Å². The van der Waals surface area contributed by atoms with E-state index in [4.69, 9.17) is 0 Å². The minimum Gasteiger partial charge on any atom is -0.508 e. The second kappa shape index (κ2) is 5.23. The van der Waals surface area contributed by atoms with Crippen LogP contribution in [0.3, 0.4) is 0 Å². The van der Waals surface area contributed by atoms with Crippen molar-refractivity contribution >= 4 is 11.6 Å². The van der Waals surface area contributed by atoms with Crippen LogP contribution in [0.25, 0.3) is 0 Å². The first-order valence-corrected chi connectivity index (χ1v) is 5.94. The Bertz CT molecular complexity index is 518. The summed E-state index contributed by atoms with van der Waals surface area (Å²) in [5.74, 6) is -0.692. The first-order chi connectivity index (χ1) is 8.97. The fourth-order valence-electron chi connectivity index (χ4n) is 2.18. The highest BCUT2D eigenvalue weighted by molar-refractivity contribution is 5.98. The maximum Gasteiger partial charge on any atom is 0.282 e. The van der Waals surface area contributed by atoms with E-state index in [2.05, 4.69) is 10.2 Å². The van der Waals surface area contributed by atoms with Gasteiger partial charge >= 0.3 is 0 Å². The molecule has 1 saturated heterocycles. The third kappa shape index (κ3) is 3.00. The van der Waals surface area contributed by atoms with Crippen molar-refractivity contribution in [3.05, 3.63) is 33.9 Å². The van der Waals surface area contributed by atoms with Crippen LogP contribution in [0.5, 0.6) is 5.75 Å². The van der Waals surface area contributed by atoms with Gasteiger partial charge in [0, 0.05) is 18.7 Å². The van der Waals surface area contributed by atoms with Gasteiger partial charge in [-0.2, -0.15) is 0 Å². The third-order valence-corrected chi connectivity index (χ3v) is 3.15. The lowest BCUT2D eigenvalue weighted by molar-refractivity contribution is -0.385. The summed E-state index contributed by atoms with van der Waals surface area (Å²) in [4.78, 5) is 24.3. The summed E-state index contributed by atoms with van der Waals surface area (Å²) in [7, 11) is 1.95. The molecular formula is C12H15N3O4. The van der Waals surface area contributed by atoms with Crippen molar-refractivity contribution < 1.29 is 14.8 Å². The van der Waals surface area contributed by atoms with E-state index in [9.17, 15) is 20.0 Å². The molecule has 0 saturated carbocycles. The number of nitro benzene ring substituents is 1. The Labute approximate surface area is 110 Å². The van der Waals surface area contributed by atoms with Crippen molar-refractivity contribution in [3.63, 3.8) is 0 Å².